The zero-order chi connectivity index (χ0) is 22.4. The van der Waals surface area contributed by atoms with Crippen LogP contribution in [0.4, 0.5) is 18.9 Å². The molecule has 31 heavy (non-hydrogen) atoms. The second kappa shape index (κ2) is 10.4. The molecule has 1 aliphatic heterocycles. The Kier molecular flexibility index (Phi) is 7.63. The fourth-order valence-corrected chi connectivity index (χ4v) is 3.38. The lowest BCUT2D eigenvalue weighted by molar-refractivity contribution is 0.303. The summed E-state index contributed by atoms with van der Waals surface area (Å²) in [6, 6.07) is 7.22. The molecule has 2 N–H and O–H groups in total. The molecule has 164 valence electrons. The average molecular weight is 451 g/mol. The largest absolute Gasteiger partial charge is 0.507 e. The number of rotatable bonds is 8. The maximum absolute atomic E-state index is 14.8. The Hall–Kier alpha value is -2.93. The van der Waals surface area contributed by atoms with Gasteiger partial charge in [0.25, 0.3) is 0 Å². The second-order valence-corrected chi connectivity index (χ2v) is 7.34. The van der Waals surface area contributed by atoms with Crippen molar-refractivity contribution in [1.82, 2.24) is 0 Å². The van der Waals surface area contributed by atoms with Gasteiger partial charge in [-0.1, -0.05) is 6.08 Å². The Bertz CT molecular complexity index is 983. The molecule has 0 spiro atoms. The van der Waals surface area contributed by atoms with Crippen molar-refractivity contribution in [3.05, 3.63) is 77.1 Å². The molecule has 0 radical (unpaired) electrons. The number of hydrogen-bond acceptors (Lipinski definition) is 3. The zero-order valence-electron chi connectivity index (χ0n) is 16.7. The van der Waals surface area contributed by atoms with Crippen LogP contribution in [0.1, 0.15) is 24.8 Å². The number of hydrogen-bond donors (Lipinski definition) is 2. The summed E-state index contributed by atoms with van der Waals surface area (Å²) < 4.78 is 48.1. The van der Waals surface area contributed by atoms with E-state index in [9.17, 15) is 18.3 Å². The van der Waals surface area contributed by atoms with Crippen LogP contribution < -0.4 is 9.64 Å². The van der Waals surface area contributed by atoms with E-state index in [2.05, 4.69) is 0 Å². The van der Waals surface area contributed by atoms with Gasteiger partial charge in [0.2, 0.25) is 0 Å². The highest BCUT2D eigenvalue weighted by Crippen LogP contribution is 2.32. The van der Waals surface area contributed by atoms with Crippen LogP contribution in [-0.2, 0) is 0 Å². The molecule has 0 saturated carbocycles. The summed E-state index contributed by atoms with van der Waals surface area (Å²) in [5, 5.41) is 18.9. The summed E-state index contributed by atoms with van der Waals surface area (Å²) in [4.78, 5) is 1.12. The maximum Gasteiger partial charge on any atom is 0.153 e. The number of anilines is 1. The standard InChI is InChI=1S/C23H22ClF3N2O2/c24-10-2-1-3-12-31-17-13-19(26)21(20(27)14-17)29-11-4-5-18(23(29)28)22(30)15-6-8-16(25)9-7-15/h4-9,13-14,28,30H,1-3,10-12H2. The fourth-order valence-electron chi connectivity index (χ4n) is 3.20. The highest BCUT2D eigenvalue weighted by atomic mass is 35.5. The minimum atomic E-state index is -0.878. The molecule has 0 bridgehead atoms. The lowest BCUT2D eigenvalue weighted by Crippen LogP contribution is -2.36. The summed E-state index contributed by atoms with van der Waals surface area (Å²) in [5.74, 6) is -2.17. The van der Waals surface area contributed by atoms with Crippen LogP contribution in [0.3, 0.4) is 0 Å². The molecular weight excluding hydrogens is 429 g/mol. The zero-order valence-corrected chi connectivity index (χ0v) is 17.4. The van der Waals surface area contributed by atoms with Crippen molar-refractivity contribution < 1.29 is 23.0 Å². The molecule has 0 atom stereocenters. The molecule has 2 aromatic carbocycles. The average Bonchev–Trinajstić information content (AvgIpc) is 2.74. The number of nitrogens with zero attached hydrogens (tertiary/aromatic N) is 1. The third-order valence-corrected chi connectivity index (χ3v) is 5.04. The van der Waals surface area contributed by atoms with Crippen molar-refractivity contribution in [3.8, 4) is 5.75 Å². The molecule has 2 aromatic rings. The summed E-state index contributed by atoms with van der Waals surface area (Å²) in [6.07, 6.45) is 5.49. The van der Waals surface area contributed by atoms with E-state index >= 15 is 0 Å². The van der Waals surface area contributed by atoms with Gasteiger partial charge >= 0.3 is 0 Å². The van der Waals surface area contributed by atoms with Crippen LogP contribution >= 0.6 is 11.6 Å². The van der Waals surface area contributed by atoms with Crippen LogP contribution in [-0.4, -0.2) is 30.0 Å². The Morgan fingerprint density at radius 2 is 1.74 bits per heavy atom. The maximum atomic E-state index is 14.8. The first-order valence-electron chi connectivity index (χ1n) is 9.82. The van der Waals surface area contributed by atoms with E-state index in [1.165, 1.54) is 30.3 Å². The molecule has 0 aliphatic carbocycles. The van der Waals surface area contributed by atoms with Crippen molar-refractivity contribution in [2.45, 2.75) is 19.3 Å². The van der Waals surface area contributed by atoms with Crippen molar-refractivity contribution in [2.24, 2.45) is 0 Å². The smallest absolute Gasteiger partial charge is 0.153 e. The topological polar surface area (TPSA) is 56.5 Å². The number of nitrogens with one attached hydrogen (secondary N) is 1. The first kappa shape index (κ1) is 22.7. The quantitative estimate of drug-likeness (QED) is 0.285. The predicted octanol–water partition coefficient (Wildman–Crippen LogP) is 6.21. The molecule has 1 aliphatic rings. The predicted molar refractivity (Wildman–Crippen MR) is 117 cm³/mol. The molecule has 1 heterocycles. The summed E-state index contributed by atoms with van der Waals surface area (Å²) >= 11 is 5.61. The van der Waals surface area contributed by atoms with Crippen LogP contribution in [0, 0.1) is 22.9 Å². The number of amidine groups is 1. The first-order valence-corrected chi connectivity index (χ1v) is 10.4. The summed E-state index contributed by atoms with van der Waals surface area (Å²) in [6.45, 7) is 0.362. The highest BCUT2D eigenvalue weighted by Gasteiger charge is 2.27. The van der Waals surface area contributed by atoms with Crippen LogP contribution in [0.25, 0.3) is 5.76 Å². The van der Waals surface area contributed by atoms with Crippen molar-refractivity contribution >= 4 is 28.9 Å². The Labute approximate surface area is 183 Å². The summed E-state index contributed by atoms with van der Waals surface area (Å²) in [5.41, 5.74) is -0.0592. The number of unbranched alkanes of at least 4 members (excludes halogenated alkanes) is 2. The van der Waals surface area contributed by atoms with Gasteiger partial charge < -0.3 is 14.7 Å². The Balaban J connectivity index is 1.82. The molecular formula is C23H22ClF3N2O2. The van der Waals surface area contributed by atoms with E-state index in [4.69, 9.17) is 21.7 Å². The Morgan fingerprint density at radius 3 is 2.39 bits per heavy atom. The van der Waals surface area contributed by atoms with Gasteiger partial charge in [0.1, 0.15) is 28.8 Å². The molecule has 0 saturated heterocycles. The van der Waals surface area contributed by atoms with E-state index in [1.807, 2.05) is 0 Å². The van der Waals surface area contributed by atoms with Crippen LogP contribution in [0.5, 0.6) is 5.75 Å². The van der Waals surface area contributed by atoms with E-state index in [0.717, 1.165) is 36.3 Å². The van der Waals surface area contributed by atoms with Crippen LogP contribution in [0.15, 0.2) is 54.1 Å². The third-order valence-electron chi connectivity index (χ3n) is 4.78. The van der Waals surface area contributed by atoms with E-state index < -0.39 is 23.1 Å². The molecule has 0 amide bonds. The fraction of sp³-hybridized carbons (Fsp3) is 0.261. The van der Waals surface area contributed by atoms with Gasteiger partial charge in [-0.3, -0.25) is 5.41 Å². The molecule has 0 unspecified atom stereocenters. The van der Waals surface area contributed by atoms with Gasteiger partial charge in [-0.05, 0) is 49.6 Å². The molecule has 4 nitrogen and oxygen atoms in total. The minimum Gasteiger partial charge on any atom is -0.507 e. The van der Waals surface area contributed by atoms with Gasteiger partial charge in [0.05, 0.1) is 12.2 Å². The van der Waals surface area contributed by atoms with Gasteiger partial charge in [-0.15, -0.1) is 11.6 Å². The molecule has 0 aromatic heterocycles. The lowest BCUT2D eigenvalue weighted by atomic mass is 10.0. The highest BCUT2D eigenvalue weighted by molar-refractivity contribution is 6.17. The number of ether oxygens (including phenoxy) is 1. The summed E-state index contributed by atoms with van der Waals surface area (Å²) in [7, 11) is 0. The number of halogens is 4. The number of benzene rings is 2. The number of alkyl halides is 1. The van der Waals surface area contributed by atoms with Crippen molar-refractivity contribution in [3.63, 3.8) is 0 Å². The third kappa shape index (κ3) is 5.41. The Morgan fingerprint density at radius 1 is 1.06 bits per heavy atom. The van der Waals surface area contributed by atoms with Gasteiger partial charge in [-0.2, -0.15) is 0 Å². The van der Waals surface area contributed by atoms with E-state index in [1.54, 1.807) is 6.08 Å². The van der Waals surface area contributed by atoms with Gasteiger partial charge in [0.15, 0.2) is 11.6 Å². The normalized spacial score (nSPS) is 15.4. The SMILES string of the molecule is N=C1C(=C(O)c2ccc(F)cc2)C=CCN1c1c(F)cc(OCCCCCCl)cc1F. The molecule has 3 rings (SSSR count). The van der Waals surface area contributed by atoms with E-state index in [-0.39, 0.29) is 35.0 Å². The van der Waals surface area contributed by atoms with Gasteiger partial charge in [-0.25, -0.2) is 13.2 Å². The molecule has 0 fully saturated rings. The van der Waals surface area contributed by atoms with E-state index in [0.29, 0.717) is 12.5 Å². The van der Waals surface area contributed by atoms with Crippen molar-refractivity contribution in [2.75, 3.05) is 23.9 Å². The van der Waals surface area contributed by atoms with Gasteiger partial charge in [0, 0.05) is 30.1 Å². The van der Waals surface area contributed by atoms with Crippen molar-refractivity contribution in [1.29, 1.82) is 5.41 Å². The molecule has 8 heteroatoms. The first-order chi connectivity index (χ1) is 14.9. The monoisotopic (exact) mass is 450 g/mol. The number of aliphatic hydroxyl groups excluding tert-OH is 1. The van der Waals surface area contributed by atoms with Crippen LogP contribution in [0.2, 0.25) is 0 Å². The number of aliphatic hydroxyl groups is 1. The minimum absolute atomic E-state index is 0.0471. The lowest BCUT2D eigenvalue weighted by Gasteiger charge is -2.29. The second-order valence-electron chi connectivity index (χ2n) is 6.96.